The molecule has 1 aromatic heterocycles. The van der Waals surface area contributed by atoms with E-state index < -0.39 is 0 Å². The Morgan fingerprint density at radius 3 is 3.04 bits per heavy atom. The van der Waals surface area contributed by atoms with Crippen molar-refractivity contribution in [3.05, 3.63) is 48.0 Å². The van der Waals surface area contributed by atoms with Crippen LogP contribution in [0.1, 0.15) is 47.9 Å². The molecule has 0 N–H and O–H groups in total. The van der Waals surface area contributed by atoms with Gasteiger partial charge in [0.2, 0.25) is 0 Å². The molecule has 2 fully saturated rings. The van der Waals surface area contributed by atoms with E-state index in [4.69, 9.17) is 4.74 Å². The number of carbonyl (C=O) groups excluding carboxylic acids is 1. The fraction of sp³-hybridized carbons (Fsp3) is 0.474. The second kappa shape index (κ2) is 5.18. The fourth-order valence-electron chi connectivity index (χ4n) is 4.08. The minimum absolute atomic E-state index is 0.207. The van der Waals surface area contributed by atoms with Crippen molar-refractivity contribution in [1.82, 2.24) is 14.5 Å². The Labute approximate surface area is 141 Å². The lowest BCUT2D eigenvalue weighted by Gasteiger charge is -2.34. The van der Waals surface area contributed by atoms with Crippen molar-refractivity contribution in [2.24, 2.45) is 0 Å². The highest BCUT2D eigenvalue weighted by Gasteiger charge is 2.45. The van der Waals surface area contributed by atoms with Crippen molar-refractivity contribution in [3.63, 3.8) is 0 Å². The zero-order chi connectivity index (χ0) is 16.1. The lowest BCUT2D eigenvalue weighted by atomic mass is 9.89. The van der Waals surface area contributed by atoms with Gasteiger partial charge in [0, 0.05) is 37.9 Å². The predicted molar refractivity (Wildman–Crippen MR) is 89.1 cm³/mol. The molecular weight excluding hydrogens is 302 g/mol. The van der Waals surface area contributed by atoms with Crippen molar-refractivity contribution < 1.29 is 9.53 Å². The van der Waals surface area contributed by atoms with E-state index in [0.29, 0.717) is 12.5 Å². The van der Waals surface area contributed by atoms with Gasteiger partial charge in [0.15, 0.2) is 5.78 Å². The third-order valence-electron chi connectivity index (χ3n) is 5.45. The van der Waals surface area contributed by atoms with Crippen LogP contribution in [0.3, 0.4) is 0 Å². The summed E-state index contributed by atoms with van der Waals surface area (Å²) in [5.41, 5.74) is 0.369. The monoisotopic (exact) mass is 323 g/mol. The first kappa shape index (κ1) is 14.2. The summed E-state index contributed by atoms with van der Waals surface area (Å²) < 4.78 is 8.61. The van der Waals surface area contributed by atoms with E-state index >= 15 is 0 Å². The Morgan fingerprint density at radius 2 is 2.17 bits per heavy atom. The number of likely N-dealkylation sites (tertiary alicyclic amines) is 1. The largest absolute Gasteiger partial charge is 0.485 e. The second-order valence-electron chi connectivity index (χ2n) is 7.32. The zero-order valence-corrected chi connectivity index (χ0v) is 13.6. The summed E-state index contributed by atoms with van der Waals surface area (Å²) in [7, 11) is 0. The number of ketones is 1. The first-order valence-electron chi connectivity index (χ1n) is 8.78. The summed E-state index contributed by atoms with van der Waals surface area (Å²) in [6.07, 6.45) is 7.91. The molecule has 5 heteroatoms. The standard InChI is InChI=1S/C19H21N3O2/c23-16-11-19(24-17-4-2-1-3-15(16)17)7-9-21(13-19)12-18-20-8-10-22(18)14-5-6-14/h1-4,8,10,14H,5-7,9,11-13H2. The highest BCUT2D eigenvalue weighted by atomic mass is 16.5. The van der Waals surface area contributed by atoms with Gasteiger partial charge in [-0.25, -0.2) is 4.98 Å². The van der Waals surface area contributed by atoms with E-state index in [1.54, 1.807) is 0 Å². The number of carbonyl (C=O) groups is 1. The Bertz CT molecular complexity index is 795. The fourth-order valence-corrected chi connectivity index (χ4v) is 4.08. The number of imidazole rings is 1. The Balaban J connectivity index is 1.34. The van der Waals surface area contributed by atoms with E-state index in [9.17, 15) is 4.79 Å². The molecule has 0 amide bonds. The smallest absolute Gasteiger partial charge is 0.170 e. The van der Waals surface area contributed by atoms with Gasteiger partial charge in [-0.15, -0.1) is 0 Å². The number of benzene rings is 1. The molecule has 3 heterocycles. The molecule has 1 aromatic carbocycles. The topological polar surface area (TPSA) is 47.4 Å². The normalized spacial score (nSPS) is 26.6. The first-order chi connectivity index (χ1) is 11.7. The van der Waals surface area contributed by atoms with Gasteiger partial charge in [-0.2, -0.15) is 0 Å². The van der Waals surface area contributed by atoms with E-state index in [-0.39, 0.29) is 11.4 Å². The van der Waals surface area contributed by atoms with Crippen LogP contribution in [0.2, 0.25) is 0 Å². The second-order valence-corrected chi connectivity index (χ2v) is 7.32. The number of hydrogen-bond donors (Lipinski definition) is 0. The molecule has 0 radical (unpaired) electrons. The summed E-state index contributed by atoms with van der Waals surface area (Å²) in [5.74, 6) is 2.09. The number of nitrogens with zero attached hydrogens (tertiary/aromatic N) is 3. The van der Waals surface area contributed by atoms with E-state index in [1.165, 1.54) is 12.8 Å². The highest BCUT2D eigenvalue weighted by molar-refractivity contribution is 6.00. The van der Waals surface area contributed by atoms with Gasteiger partial charge >= 0.3 is 0 Å². The average Bonchev–Trinajstić information content (AvgIpc) is 3.21. The molecule has 2 aliphatic heterocycles. The van der Waals surface area contributed by atoms with Crippen LogP contribution >= 0.6 is 0 Å². The first-order valence-corrected chi connectivity index (χ1v) is 8.78. The maximum absolute atomic E-state index is 12.5. The molecule has 24 heavy (non-hydrogen) atoms. The molecular formula is C19H21N3O2. The van der Waals surface area contributed by atoms with Crippen molar-refractivity contribution in [1.29, 1.82) is 0 Å². The van der Waals surface area contributed by atoms with Gasteiger partial charge in [0.1, 0.15) is 17.2 Å². The van der Waals surface area contributed by atoms with Crippen molar-refractivity contribution >= 4 is 5.78 Å². The highest BCUT2D eigenvalue weighted by Crippen LogP contribution is 2.39. The molecule has 1 saturated heterocycles. The minimum atomic E-state index is -0.359. The third-order valence-corrected chi connectivity index (χ3v) is 5.45. The lowest BCUT2D eigenvalue weighted by Crippen LogP contribution is -2.44. The number of hydrogen-bond acceptors (Lipinski definition) is 4. The molecule has 1 spiro atoms. The van der Waals surface area contributed by atoms with Crippen molar-refractivity contribution in [2.75, 3.05) is 13.1 Å². The molecule has 0 bridgehead atoms. The van der Waals surface area contributed by atoms with E-state index in [2.05, 4.69) is 20.6 Å². The van der Waals surface area contributed by atoms with Crippen LogP contribution in [-0.4, -0.2) is 38.9 Å². The third kappa shape index (κ3) is 2.35. The number of fused-ring (bicyclic) bond motifs is 1. The van der Waals surface area contributed by atoms with Crippen LogP contribution in [0.15, 0.2) is 36.7 Å². The summed E-state index contributed by atoms with van der Waals surface area (Å²) in [6, 6.07) is 8.26. The van der Waals surface area contributed by atoms with Crippen LogP contribution in [-0.2, 0) is 6.54 Å². The van der Waals surface area contributed by atoms with Crippen molar-refractivity contribution in [2.45, 2.75) is 43.9 Å². The Kier molecular flexibility index (Phi) is 3.07. The molecule has 1 aliphatic carbocycles. The number of Topliss-reactive ketones (excluding diaryl/α,β-unsaturated/α-hetero) is 1. The zero-order valence-electron chi connectivity index (χ0n) is 13.6. The summed E-state index contributed by atoms with van der Waals surface area (Å²) in [4.78, 5) is 19.4. The predicted octanol–water partition coefficient (Wildman–Crippen LogP) is 2.83. The number of para-hydroxylation sites is 1. The van der Waals surface area contributed by atoms with Crippen LogP contribution in [0.25, 0.3) is 0 Å². The number of aromatic nitrogens is 2. The van der Waals surface area contributed by atoms with Gasteiger partial charge in [-0.3, -0.25) is 9.69 Å². The Hall–Kier alpha value is -2.14. The van der Waals surface area contributed by atoms with Crippen LogP contribution in [0.4, 0.5) is 0 Å². The number of ether oxygens (including phenoxy) is 1. The Morgan fingerprint density at radius 1 is 1.29 bits per heavy atom. The van der Waals surface area contributed by atoms with Gasteiger partial charge in [0.05, 0.1) is 18.5 Å². The van der Waals surface area contributed by atoms with Gasteiger partial charge in [0.25, 0.3) is 0 Å². The van der Waals surface area contributed by atoms with Crippen molar-refractivity contribution in [3.8, 4) is 5.75 Å². The van der Waals surface area contributed by atoms with Crippen LogP contribution in [0, 0.1) is 0 Å². The molecule has 2 aromatic rings. The van der Waals surface area contributed by atoms with Gasteiger partial charge in [-0.1, -0.05) is 12.1 Å². The lowest BCUT2D eigenvalue weighted by molar-refractivity contribution is 0.0453. The summed E-state index contributed by atoms with van der Waals surface area (Å²) >= 11 is 0. The summed E-state index contributed by atoms with van der Waals surface area (Å²) in [6.45, 7) is 2.59. The molecule has 1 unspecified atom stereocenters. The van der Waals surface area contributed by atoms with Crippen LogP contribution < -0.4 is 4.74 Å². The van der Waals surface area contributed by atoms with E-state index in [0.717, 1.165) is 43.2 Å². The average molecular weight is 323 g/mol. The quantitative estimate of drug-likeness (QED) is 0.871. The SMILES string of the molecule is O=C1CC2(CCN(Cc3nccn3C3CC3)C2)Oc2ccccc21. The molecule has 1 atom stereocenters. The molecule has 1 saturated carbocycles. The molecule has 3 aliphatic rings. The maximum atomic E-state index is 12.5. The molecule has 124 valence electrons. The summed E-state index contributed by atoms with van der Waals surface area (Å²) in [5, 5.41) is 0. The van der Waals surface area contributed by atoms with E-state index in [1.807, 2.05) is 30.5 Å². The molecule has 5 rings (SSSR count). The minimum Gasteiger partial charge on any atom is -0.485 e. The van der Waals surface area contributed by atoms with Crippen LogP contribution in [0.5, 0.6) is 5.75 Å². The van der Waals surface area contributed by atoms with Gasteiger partial charge < -0.3 is 9.30 Å². The van der Waals surface area contributed by atoms with Gasteiger partial charge in [-0.05, 0) is 25.0 Å². The molecule has 5 nitrogen and oxygen atoms in total. The maximum Gasteiger partial charge on any atom is 0.170 e. The number of rotatable bonds is 3.